The smallest absolute Gasteiger partial charge is 0.336 e. The highest BCUT2D eigenvalue weighted by Crippen LogP contribution is 2.36. The predicted molar refractivity (Wildman–Crippen MR) is 99.1 cm³/mol. The molecule has 0 saturated heterocycles. The van der Waals surface area contributed by atoms with Gasteiger partial charge in [-0.1, -0.05) is 20.8 Å². The average molecular weight is 343 g/mol. The number of ether oxygens (including phenoxy) is 1. The number of furan rings is 1. The molecule has 0 aliphatic carbocycles. The molecule has 0 bridgehead atoms. The summed E-state index contributed by atoms with van der Waals surface area (Å²) in [5.41, 5.74) is 9.67. The van der Waals surface area contributed by atoms with E-state index in [2.05, 4.69) is 13.0 Å². The lowest BCUT2D eigenvalue weighted by Crippen LogP contribution is -2.08. The van der Waals surface area contributed by atoms with Gasteiger partial charge in [0.25, 0.3) is 0 Å². The van der Waals surface area contributed by atoms with Gasteiger partial charge in [-0.3, -0.25) is 0 Å². The van der Waals surface area contributed by atoms with Crippen LogP contribution in [0.5, 0.6) is 0 Å². The van der Waals surface area contributed by atoms with Crippen LogP contribution in [0.2, 0.25) is 0 Å². The van der Waals surface area contributed by atoms with Gasteiger partial charge in [0.15, 0.2) is 0 Å². The normalized spacial score (nSPS) is 11.7. The van der Waals surface area contributed by atoms with E-state index in [4.69, 9.17) is 19.3 Å². The Morgan fingerprint density at radius 2 is 1.72 bits per heavy atom. The van der Waals surface area contributed by atoms with Gasteiger partial charge >= 0.3 is 5.63 Å². The molecule has 3 rings (SSSR count). The van der Waals surface area contributed by atoms with Crippen molar-refractivity contribution >= 4 is 21.9 Å². The van der Waals surface area contributed by atoms with Gasteiger partial charge in [-0.15, -0.1) is 0 Å². The van der Waals surface area contributed by atoms with E-state index in [0.29, 0.717) is 25.3 Å². The monoisotopic (exact) mass is 343 g/mol. The number of aryl methyl sites for hydroxylation is 3. The minimum Gasteiger partial charge on any atom is -0.460 e. The first-order chi connectivity index (χ1) is 12.1. The fraction of sp³-hybridized carbons (Fsp3) is 0.450. The van der Waals surface area contributed by atoms with Crippen LogP contribution >= 0.6 is 0 Å². The van der Waals surface area contributed by atoms with Crippen LogP contribution in [0.1, 0.15) is 43.2 Å². The summed E-state index contributed by atoms with van der Waals surface area (Å²) in [6.45, 7) is 7.63. The zero-order valence-corrected chi connectivity index (χ0v) is 15.1. The Kier molecular flexibility index (Phi) is 5.25. The van der Waals surface area contributed by atoms with Crippen molar-refractivity contribution in [2.24, 2.45) is 5.73 Å². The van der Waals surface area contributed by atoms with Gasteiger partial charge in [-0.05, 0) is 24.5 Å². The molecular formula is C20H25NO4. The third-order valence-electron chi connectivity index (χ3n) is 4.62. The molecule has 5 nitrogen and oxygen atoms in total. The van der Waals surface area contributed by atoms with E-state index in [0.717, 1.165) is 58.1 Å². The second-order valence-corrected chi connectivity index (χ2v) is 6.10. The summed E-state index contributed by atoms with van der Waals surface area (Å²) in [5, 5.41) is 2.02. The molecule has 0 saturated carbocycles. The molecule has 0 fully saturated rings. The first-order valence-electron chi connectivity index (χ1n) is 8.95. The van der Waals surface area contributed by atoms with Gasteiger partial charge in [0, 0.05) is 40.9 Å². The number of hydrogen-bond acceptors (Lipinski definition) is 5. The van der Waals surface area contributed by atoms with Crippen LogP contribution in [-0.4, -0.2) is 13.2 Å². The maximum absolute atomic E-state index is 11.9. The largest absolute Gasteiger partial charge is 0.460 e. The van der Waals surface area contributed by atoms with Crippen LogP contribution in [0, 0.1) is 0 Å². The highest BCUT2D eigenvalue weighted by atomic mass is 16.5. The fourth-order valence-corrected chi connectivity index (χ4v) is 3.40. The third kappa shape index (κ3) is 3.10. The molecule has 0 aliphatic heterocycles. The molecule has 0 aliphatic rings. The third-order valence-corrected chi connectivity index (χ3v) is 4.62. The van der Waals surface area contributed by atoms with Crippen molar-refractivity contribution in [2.75, 3.05) is 13.2 Å². The molecule has 25 heavy (non-hydrogen) atoms. The molecule has 1 aromatic carbocycles. The van der Waals surface area contributed by atoms with Gasteiger partial charge in [0.05, 0.1) is 13.2 Å². The molecule has 2 heterocycles. The van der Waals surface area contributed by atoms with Gasteiger partial charge in [-0.25, -0.2) is 4.79 Å². The molecule has 134 valence electrons. The van der Waals surface area contributed by atoms with Crippen molar-refractivity contribution in [3.63, 3.8) is 0 Å². The molecule has 3 aromatic rings. The zero-order valence-electron chi connectivity index (χ0n) is 15.1. The summed E-state index contributed by atoms with van der Waals surface area (Å²) in [6.07, 6.45) is 2.28. The number of benzene rings is 1. The second-order valence-electron chi connectivity index (χ2n) is 6.10. The first-order valence-corrected chi connectivity index (χ1v) is 8.95. The predicted octanol–water partition coefficient (Wildman–Crippen LogP) is 3.70. The maximum atomic E-state index is 11.9. The van der Waals surface area contributed by atoms with E-state index in [9.17, 15) is 4.79 Å². The average Bonchev–Trinajstić information content (AvgIpc) is 2.97. The van der Waals surface area contributed by atoms with E-state index in [1.807, 2.05) is 13.8 Å². The Hall–Kier alpha value is -2.11. The van der Waals surface area contributed by atoms with Crippen LogP contribution in [-0.2, 0) is 30.6 Å². The molecule has 0 unspecified atom stereocenters. The summed E-state index contributed by atoms with van der Waals surface area (Å²) in [5.74, 6) is 0.914. The number of nitrogens with two attached hydrogens (primary N) is 1. The summed E-state index contributed by atoms with van der Waals surface area (Å²) in [4.78, 5) is 11.9. The maximum Gasteiger partial charge on any atom is 0.336 e. The lowest BCUT2D eigenvalue weighted by atomic mass is 9.98. The zero-order chi connectivity index (χ0) is 18.0. The Labute approximate surface area is 146 Å². The fourth-order valence-electron chi connectivity index (χ4n) is 3.40. The Balaban J connectivity index is 2.34. The minimum absolute atomic E-state index is 0.313. The van der Waals surface area contributed by atoms with Crippen LogP contribution in [0.3, 0.4) is 0 Å². The second kappa shape index (κ2) is 7.42. The van der Waals surface area contributed by atoms with Crippen molar-refractivity contribution in [2.45, 2.75) is 46.6 Å². The van der Waals surface area contributed by atoms with Crippen molar-refractivity contribution < 1.29 is 13.6 Å². The van der Waals surface area contributed by atoms with Crippen LogP contribution in [0.15, 0.2) is 25.8 Å². The van der Waals surface area contributed by atoms with Gasteiger partial charge in [0.1, 0.15) is 16.9 Å². The Morgan fingerprint density at radius 3 is 2.36 bits per heavy atom. The summed E-state index contributed by atoms with van der Waals surface area (Å²) in [7, 11) is 0. The van der Waals surface area contributed by atoms with Gasteiger partial charge < -0.3 is 19.3 Å². The quantitative estimate of drug-likeness (QED) is 0.523. The van der Waals surface area contributed by atoms with Crippen molar-refractivity contribution in [3.05, 3.63) is 45.0 Å². The van der Waals surface area contributed by atoms with E-state index < -0.39 is 0 Å². The molecule has 2 N–H and O–H groups in total. The SMILES string of the molecule is CCc1oc2c(CC)c3oc(=O)cc(CC)c3cc2c1COCCN. The van der Waals surface area contributed by atoms with Crippen LogP contribution in [0.4, 0.5) is 0 Å². The highest BCUT2D eigenvalue weighted by molar-refractivity contribution is 6.00. The highest BCUT2D eigenvalue weighted by Gasteiger charge is 2.20. The van der Waals surface area contributed by atoms with E-state index >= 15 is 0 Å². The minimum atomic E-state index is -0.313. The molecule has 0 spiro atoms. The molecule has 5 heteroatoms. The van der Waals surface area contributed by atoms with Crippen LogP contribution < -0.4 is 11.4 Å². The van der Waals surface area contributed by atoms with E-state index in [1.54, 1.807) is 6.07 Å². The summed E-state index contributed by atoms with van der Waals surface area (Å²) in [6, 6.07) is 3.66. The Morgan fingerprint density at radius 1 is 0.960 bits per heavy atom. The van der Waals surface area contributed by atoms with Crippen molar-refractivity contribution in [3.8, 4) is 0 Å². The van der Waals surface area contributed by atoms with Gasteiger partial charge in [0.2, 0.25) is 0 Å². The number of hydrogen-bond donors (Lipinski definition) is 1. The number of rotatable bonds is 7. The van der Waals surface area contributed by atoms with Crippen molar-refractivity contribution in [1.29, 1.82) is 0 Å². The number of fused-ring (bicyclic) bond motifs is 2. The molecular weight excluding hydrogens is 318 g/mol. The van der Waals surface area contributed by atoms with Gasteiger partial charge in [-0.2, -0.15) is 0 Å². The van der Waals surface area contributed by atoms with E-state index in [-0.39, 0.29) is 5.63 Å². The molecule has 2 aromatic heterocycles. The molecule has 0 radical (unpaired) electrons. The molecule has 0 amide bonds. The van der Waals surface area contributed by atoms with E-state index in [1.165, 1.54) is 0 Å². The van der Waals surface area contributed by atoms with Crippen molar-refractivity contribution in [1.82, 2.24) is 0 Å². The van der Waals surface area contributed by atoms with Crippen LogP contribution in [0.25, 0.3) is 21.9 Å². The lowest BCUT2D eigenvalue weighted by Gasteiger charge is -2.08. The summed E-state index contributed by atoms with van der Waals surface area (Å²) < 4.78 is 17.4. The summed E-state index contributed by atoms with van der Waals surface area (Å²) >= 11 is 0. The first kappa shape index (κ1) is 17.7. The topological polar surface area (TPSA) is 78.6 Å². The lowest BCUT2D eigenvalue weighted by molar-refractivity contribution is 0.127. The Bertz CT molecular complexity index is 952. The molecule has 0 atom stereocenters. The standard InChI is InChI=1S/C20H25NO4/c1-4-12-9-18(22)25-19-13(5-2)20-15(10-14(12)19)16(11-23-8-7-21)17(6-3)24-20/h9-10H,4-8,11,21H2,1-3H3.